The molecule has 0 aliphatic carbocycles. The molecule has 2 heterocycles. The van der Waals surface area contributed by atoms with Gasteiger partial charge in [-0.15, -0.1) is 0 Å². The summed E-state index contributed by atoms with van der Waals surface area (Å²) in [5, 5.41) is 11.6. The van der Waals surface area contributed by atoms with Gasteiger partial charge >= 0.3 is 0 Å². The fraction of sp³-hybridized carbons (Fsp3) is 0.231. The molecule has 0 aromatic heterocycles. The van der Waals surface area contributed by atoms with Gasteiger partial charge in [0.25, 0.3) is 5.91 Å². The lowest BCUT2D eigenvalue weighted by atomic mass is 9.88. The number of anilines is 1. The number of Topliss-reactive ketones (excluding diaryl/α,β-unsaturated/α-hetero) is 1. The van der Waals surface area contributed by atoms with Crippen molar-refractivity contribution in [2.45, 2.75) is 18.6 Å². The van der Waals surface area contributed by atoms with E-state index in [-0.39, 0.29) is 18.9 Å². The van der Waals surface area contributed by atoms with Crippen LogP contribution >= 0.6 is 0 Å². The maximum atomic E-state index is 13.6. The highest BCUT2D eigenvalue weighted by Gasteiger charge is 2.51. The van der Waals surface area contributed by atoms with Crippen molar-refractivity contribution in [2.75, 3.05) is 25.9 Å². The van der Waals surface area contributed by atoms with Crippen LogP contribution in [0.25, 0.3) is 0 Å². The molecule has 0 bridgehead atoms. The first-order valence-electron chi connectivity index (χ1n) is 10.7. The molecule has 5 rings (SSSR count). The van der Waals surface area contributed by atoms with Gasteiger partial charge in [0.05, 0.1) is 38.4 Å². The second-order valence-electron chi connectivity index (χ2n) is 8.12. The van der Waals surface area contributed by atoms with Crippen molar-refractivity contribution in [2.24, 2.45) is 0 Å². The van der Waals surface area contributed by atoms with E-state index in [2.05, 4.69) is 0 Å². The third-order valence-corrected chi connectivity index (χ3v) is 6.14. The van der Waals surface area contributed by atoms with Crippen LogP contribution in [-0.2, 0) is 16.9 Å². The Kier molecular flexibility index (Phi) is 5.37. The van der Waals surface area contributed by atoms with E-state index in [1.54, 1.807) is 48.5 Å². The number of ether oxygens (including phenoxy) is 4. The Labute approximate surface area is 196 Å². The van der Waals surface area contributed by atoms with Crippen molar-refractivity contribution in [3.63, 3.8) is 0 Å². The number of aliphatic hydroxyl groups is 1. The molecule has 8 heteroatoms. The Balaban J connectivity index is 1.46. The highest BCUT2D eigenvalue weighted by molar-refractivity contribution is 6.11. The third-order valence-electron chi connectivity index (χ3n) is 6.14. The van der Waals surface area contributed by atoms with Gasteiger partial charge in [-0.2, -0.15) is 0 Å². The number of hydrogen-bond acceptors (Lipinski definition) is 7. The number of amides is 1. The maximum absolute atomic E-state index is 13.6. The summed E-state index contributed by atoms with van der Waals surface area (Å²) < 4.78 is 21.3. The minimum atomic E-state index is -2.01. The van der Waals surface area contributed by atoms with Crippen molar-refractivity contribution in [3.05, 3.63) is 77.4 Å². The van der Waals surface area contributed by atoms with Crippen molar-refractivity contribution < 1.29 is 33.6 Å². The van der Waals surface area contributed by atoms with Crippen LogP contribution in [0, 0.1) is 0 Å². The number of carbonyl (C=O) groups excluding carboxylic acids is 2. The third kappa shape index (κ3) is 3.52. The summed E-state index contributed by atoms with van der Waals surface area (Å²) in [7, 11) is 2.96. The molecule has 1 unspecified atom stereocenters. The summed E-state index contributed by atoms with van der Waals surface area (Å²) in [5.74, 6) is 1.11. The lowest BCUT2D eigenvalue weighted by Gasteiger charge is -2.23. The molecular formula is C26H23NO7. The second kappa shape index (κ2) is 8.39. The van der Waals surface area contributed by atoms with Crippen LogP contribution in [0.1, 0.15) is 27.9 Å². The van der Waals surface area contributed by atoms with Gasteiger partial charge in [-0.25, -0.2) is 0 Å². The standard InChI is InChI=1S/C26H23NO7/c1-31-17-8-9-18(23(12-17)32-2)21(28)13-26(30)19-5-3-4-6-20(19)27(25(26)29)14-16-7-10-22-24(11-16)34-15-33-22/h3-12,30H,13-15H2,1-2H3. The van der Waals surface area contributed by atoms with E-state index >= 15 is 0 Å². The number of hydrogen-bond donors (Lipinski definition) is 1. The average Bonchev–Trinajstić information content (AvgIpc) is 3.41. The number of ketones is 1. The lowest BCUT2D eigenvalue weighted by Crippen LogP contribution is -2.41. The number of fused-ring (bicyclic) bond motifs is 2. The van der Waals surface area contributed by atoms with Crippen LogP contribution in [0.15, 0.2) is 60.7 Å². The number of nitrogens with zero attached hydrogens (tertiary/aromatic N) is 1. The van der Waals surface area contributed by atoms with Gasteiger partial charge in [0.2, 0.25) is 6.79 Å². The molecule has 34 heavy (non-hydrogen) atoms. The fourth-order valence-corrected chi connectivity index (χ4v) is 4.41. The topological polar surface area (TPSA) is 94.5 Å². The normalized spacial score (nSPS) is 18.1. The summed E-state index contributed by atoms with van der Waals surface area (Å²) in [6.07, 6.45) is -0.427. The molecule has 1 N–H and O–H groups in total. The van der Waals surface area contributed by atoms with Crippen molar-refractivity contribution in [3.8, 4) is 23.0 Å². The van der Waals surface area contributed by atoms with Gasteiger partial charge < -0.3 is 29.0 Å². The van der Waals surface area contributed by atoms with Gasteiger partial charge in [0.1, 0.15) is 11.5 Å². The highest BCUT2D eigenvalue weighted by atomic mass is 16.7. The van der Waals surface area contributed by atoms with Crippen LogP contribution < -0.4 is 23.8 Å². The average molecular weight is 461 g/mol. The van der Waals surface area contributed by atoms with E-state index in [0.29, 0.717) is 34.2 Å². The van der Waals surface area contributed by atoms with Gasteiger partial charge in [-0.05, 0) is 35.9 Å². The molecule has 1 atom stereocenters. The summed E-state index contributed by atoms with van der Waals surface area (Å²) in [4.78, 5) is 28.3. The minimum absolute atomic E-state index is 0.154. The van der Waals surface area contributed by atoms with E-state index in [1.165, 1.54) is 19.1 Å². The predicted octanol–water partition coefficient (Wildman–Crippen LogP) is 3.44. The van der Waals surface area contributed by atoms with E-state index in [0.717, 1.165) is 5.56 Å². The molecule has 3 aromatic rings. The van der Waals surface area contributed by atoms with Gasteiger partial charge in [-0.3, -0.25) is 9.59 Å². The smallest absolute Gasteiger partial charge is 0.264 e. The van der Waals surface area contributed by atoms with Crippen LogP contribution in [-0.4, -0.2) is 37.8 Å². The van der Waals surface area contributed by atoms with Crippen LogP contribution in [0.2, 0.25) is 0 Å². The first-order valence-corrected chi connectivity index (χ1v) is 10.7. The largest absolute Gasteiger partial charge is 0.497 e. The van der Waals surface area contributed by atoms with Crippen molar-refractivity contribution in [1.29, 1.82) is 0 Å². The lowest BCUT2D eigenvalue weighted by molar-refractivity contribution is -0.136. The maximum Gasteiger partial charge on any atom is 0.264 e. The quantitative estimate of drug-likeness (QED) is 0.539. The Morgan fingerprint density at radius 2 is 1.82 bits per heavy atom. The van der Waals surface area contributed by atoms with Crippen molar-refractivity contribution >= 4 is 17.4 Å². The molecule has 3 aromatic carbocycles. The number of para-hydroxylation sites is 1. The summed E-state index contributed by atoms with van der Waals surface area (Å²) in [5.41, 5.74) is 0.00867. The molecule has 8 nitrogen and oxygen atoms in total. The van der Waals surface area contributed by atoms with Crippen LogP contribution in [0.5, 0.6) is 23.0 Å². The zero-order valence-electron chi connectivity index (χ0n) is 18.7. The number of methoxy groups -OCH3 is 2. The van der Waals surface area contributed by atoms with E-state index in [4.69, 9.17) is 18.9 Å². The fourth-order valence-electron chi connectivity index (χ4n) is 4.41. The minimum Gasteiger partial charge on any atom is -0.497 e. The summed E-state index contributed by atoms with van der Waals surface area (Å²) >= 11 is 0. The summed E-state index contributed by atoms with van der Waals surface area (Å²) in [6, 6.07) is 17.2. The van der Waals surface area contributed by atoms with Gasteiger partial charge in [0.15, 0.2) is 22.9 Å². The zero-order valence-corrected chi connectivity index (χ0v) is 18.7. The van der Waals surface area contributed by atoms with Crippen LogP contribution in [0.3, 0.4) is 0 Å². The number of carbonyl (C=O) groups is 2. The SMILES string of the molecule is COc1ccc(C(=O)CC2(O)C(=O)N(Cc3ccc4c(c3)OCO4)c3ccccc32)c(OC)c1. The second-order valence-corrected chi connectivity index (χ2v) is 8.12. The monoisotopic (exact) mass is 461 g/mol. The van der Waals surface area contributed by atoms with Gasteiger partial charge in [-0.1, -0.05) is 24.3 Å². The molecule has 1 amide bonds. The Bertz CT molecular complexity index is 1290. The molecule has 0 saturated carbocycles. The molecule has 174 valence electrons. The molecule has 0 fully saturated rings. The predicted molar refractivity (Wildman–Crippen MR) is 123 cm³/mol. The Morgan fingerprint density at radius 3 is 2.62 bits per heavy atom. The molecule has 2 aliphatic heterocycles. The number of benzene rings is 3. The molecular weight excluding hydrogens is 438 g/mol. The Hall–Kier alpha value is -4.04. The number of rotatable bonds is 7. The zero-order chi connectivity index (χ0) is 23.9. The molecule has 0 radical (unpaired) electrons. The highest BCUT2D eigenvalue weighted by Crippen LogP contribution is 2.44. The van der Waals surface area contributed by atoms with Crippen LogP contribution in [0.4, 0.5) is 5.69 Å². The Morgan fingerprint density at radius 1 is 1.03 bits per heavy atom. The van der Waals surface area contributed by atoms with E-state index < -0.39 is 23.7 Å². The molecule has 0 spiro atoms. The first-order chi connectivity index (χ1) is 16.4. The molecule has 0 saturated heterocycles. The molecule has 2 aliphatic rings. The van der Waals surface area contributed by atoms with E-state index in [9.17, 15) is 14.7 Å². The summed E-state index contributed by atoms with van der Waals surface area (Å²) in [6.45, 7) is 0.357. The van der Waals surface area contributed by atoms with E-state index in [1.807, 2.05) is 12.1 Å². The first kappa shape index (κ1) is 21.8. The van der Waals surface area contributed by atoms with Gasteiger partial charge in [0, 0.05) is 11.6 Å². The van der Waals surface area contributed by atoms with Crippen molar-refractivity contribution in [1.82, 2.24) is 0 Å².